The normalized spacial score (nSPS) is 19.2. The van der Waals surface area contributed by atoms with Gasteiger partial charge in [-0.2, -0.15) is 0 Å². The van der Waals surface area contributed by atoms with Crippen LogP contribution in [0, 0.1) is 6.92 Å². The average molecular weight is 286 g/mol. The van der Waals surface area contributed by atoms with Gasteiger partial charge in [0.05, 0.1) is 17.1 Å². The number of nitrogens with zero attached hydrogens (tertiary/aromatic N) is 3. The summed E-state index contributed by atoms with van der Waals surface area (Å²) in [7, 11) is 0. The quantitative estimate of drug-likeness (QED) is 0.940. The molecule has 1 fully saturated rings. The van der Waals surface area contributed by atoms with Crippen molar-refractivity contribution in [2.24, 2.45) is 5.73 Å². The molecule has 0 aliphatic carbocycles. The lowest BCUT2D eigenvalue weighted by molar-refractivity contribution is 0.246. The summed E-state index contributed by atoms with van der Waals surface area (Å²) in [6.45, 7) is 9.58. The molecule has 114 valence electrons. The predicted octanol–water partition coefficient (Wildman–Crippen LogP) is 3.02. The fourth-order valence-corrected chi connectivity index (χ4v) is 3.38. The van der Waals surface area contributed by atoms with Gasteiger partial charge in [0.15, 0.2) is 0 Å². The summed E-state index contributed by atoms with van der Waals surface area (Å²) in [5.74, 6) is 1.16. The molecule has 1 aromatic carbocycles. The van der Waals surface area contributed by atoms with Crippen LogP contribution < -0.4 is 5.73 Å². The van der Waals surface area contributed by atoms with Crippen LogP contribution in [0.25, 0.3) is 11.0 Å². The summed E-state index contributed by atoms with van der Waals surface area (Å²) in [4.78, 5) is 7.49. The van der Waals surface area contributed by atoms with Crippen molar-refractivity contribution in [1.82, 2.24) is 14.5 Å². The maximum absolute atomic E-state index is 5.94. The molecule has 21 heavy (non-hydrogen) atoms. The standard InChI is InChI=1S/C17H26N4/c1-12-6-7-16-15(10-12)19-17(21(16)13(2)11-18)14(3)20-8-4-5-9-20/h6-7,10,13-14H,4-5,8-9,11,18H2,1-3H3. The van der Waals surface area contributed by atoms with Crippen molar-refractivity contribution in [3.05, 3.63) is 29.6 Å². The number of imidazole rings is 1. The van der Waals surface area contributed by atoms with Crippen LogP contribution in [-0.2, 0) is 0 Å². The summed E-state index contributed by atoms with van der Waals surface area (Å²) in [5.41, 5.74) is 9.50. The van der Waals surface area contributed by atoms with Crippen molar-refractivity contribution in [2.75, 3.05) is 19.6 Å². The first-order valence-corrected chi connectivity index (χ1v) is 8.04. The summed E-state index contributed by atoms with van der Waals surface area (Å²) in [5, 5.41) is 0. The first-order chi connectivity index (χ1) is 10.1. The Labute approximate surface area is 126 Å². The van der Waals surface area contributed by atoms with Crippen molar-refractivity contribution in [1.29, 1.82) is 0 Å². The molecule has 0 bridgehead atoms. The van der Waals surface area contributed by atoms with Crippen LogP contribution in [0.15, 0.2) is 18.2 Å². The lowest BCUT2D eigenvalue weighted by Crippen LogP contribution is -2.28. The van der Waals surface area contributed by atoms with E-state index in [4.69, 9.17) is 10.7 Å². The van der Waals surface area contributed by atoms with Gasteiger partial charge >= 0.3 is 0 Å². The average Bonchev–Trinajstić information content (AvgIpc) is 3.12. The summed E-state index contributed by atoms with van der Waals surface area (Å²) in [6.07, 6.45) is 2.60. The molecular weight excluding hydrogens is 260 g/mol. The van der Waals surface area contributed by atoms with E-state index in [2.05, 4.69) is 48.4 Å². The Morgan fingerprint density at radius 1 is 1.24 bits per heavy atom. The zero-order valence-corrected chi connectivity index (χ0v) is 13.3. The van der Waals surface area contributed by atoms with E-state index in [1.54, 1.807) is 0 Å². The Morgan fingerprint density at radius 2 is 1.95 bits per heavy atom. The van der Waals surface area contributed by atoms with E-state index >= 15 is 0 Å². The Morgan fingerprint density at radius 3 is 2.62 bits per heavy atom. The summed E-state index contributed by atoms with van der Waals surface area (Å²) in [6, 6.07) is 7.15. The fourth-order valence-electron chi connectivity index (χ4n) is 3.38. The molecule has 0 spiro atoms. The van der Waals surface area contributed by atoms with Crippen LogP contribution in [0.1, 0.15) is 50.2 Å². The van der Waals surface area contributed by atoms with Crippen molar-refractivity contribution < 1.29 is 0 Å². The largest absolute Gasteiger partial charge is 0.328 e. The lowest BCUT2D eigenvalue weighted by Gasteiger charge is -2.26. The molecule has 1 aliphatic rings. The minimum Gasteiger partial charge on any atom is -0.328 e. The minimum atomic E-state index is 0.276. The number of aromatic nitrogens is 2. The Hall–Kier alpha value is -1.39. The number of aryl methyl sites for hydroxylation is 1. The van der Waals surface area contributed by atoms with E-state index in [1.807, 2.05) is 0 Å². The second-order valence-corrected chi connectivity index (χ2v) is 6.34. The summed E-state index contributed by atoms with van der Waals surface area (Å²) < 4.78 is 2.34. The minimum absolute atomic E-state index is 0.276. The fraction of sp³-hybridized carbons (Fsp3) is 0.588. The lowest BCUT2D eigenvalue weighted by atomic mass is 10.2. The third-order valence-electron chi connectivity index (χ3n) is 4.72. The Bertz CT molecular complexity index is 625. The van der Waals surface area contributed by atoms with Gasteiger partial charge in [-0.15, -0.1) is 0 Å². The molecule has 0 saturated carbocycles. The number of benzene rings is 1. The molecule has 1 saturated heterocycles. The predicted molar refractivity (Wildman–Crippen MR) is 87.5 cm³/mol. The van der Waals surface area contributed by atoms with Gasteiger partial charge in [0, 0.05) is 12.6 Å². The molecule has 2 aromatic rings. The number of nitrogens with two attached hydrogens (primary N) is 1. The number of hydrogen-bond donors (Lipinski definition) is 1. The van der Waals surface area contributed by atoms with E-state index in [0.29, 0.717) is 12.6 Å². The highest BCUT2D eigenvalue weighted by atomic mass is 15.2. The number of fused-ring (bicyclic) bond motifs is 1. The monoisotopic (exact) mass is 286 g/mol. The molecule has 2 atom stereocenters. The zero-order valence-electron chi connectivity index (χ0n) is 13.3. The molecule has 0 radical (unpaired) electrons. The van der Waals surface area contributed by atoms with E-state index in [1.165, 1.54) is 37.0 Å². The SMILES string of the molecule is Cc1ccc2c(c1)nc(C(C)N1CCCC1)n2C(C)CN. The van der Waals surface area contributed by atoms with Crippen molar-refractivity contribution in [2.45, 2.75) is 45.7 Å². The van der Waals surface area contributed by atoms with E-state index in [0.717, 1.165) is 11.3 Å². The highest BCUT2D eigenvalue weighted by Crippen LogP contribution is 2.30. The second-order valence-electron chi connectivity index (χ2n) is 6.34. The molecule has 2 unspecified atom stereocenters. The van der Waals surface area contributed by atoms with Gasteiger partial charge in [-0.25, -0.2) is 4.98 Å². The van der Waals surface area contributed by atoms with Crippen molar-refractivity contribution >= 4 is 11.0 Å². The number of hydrogen-bond acceptors (Lipinski definition) is 3. The second kappa shape index (κ2) is 5.78. The molecule has 4 nitrogen and oxygen atoms in total. The number of rotatable bonds is 4. The first-order valence-electron chi connectivity index (χ1n) is 8.04. The zero-order chi connectivity index (χ0) is 15.0. The van der Waals surface area contributed by atoms with Gasteiger partial charge in [-0.1, -0.05) is 6.07 Å². The summed E-state index contributed by atoms with van der Waals surface area (Å²) >= 11 is 0. The Balaban J connectivity index is 2.10. The van der Waals surface area contributed by atoms with Crippen LogP contribution in [0.4, 0.5) is 0 Å². The smallest absolute Gasteiger partial charge is 0.127 e. The molecule has 2 heterocycles. The molecular formula is C17H26N4. The molecule has 1 aromatic heterocycles. The molecule has 2 N–H and O–H groups in total. The van der Waals surface area contributed by atoms with Gasteiger partial charge in [0.1, 0.15) is 5.82 Å². The van der Waals surface area contributed by atoms with E-state index in [-0.39, 0.29) is 6.04 Å². The van der Waals surface area contributed by atoms with E-state index in [9.17, 15) is 0 Å². The molecule has 0 amide bonds. The van der Waals surface area contributed by atoms with Gasteiger partial charge in [-0.05, 0) is 64.4 Å². The van der Waals surface area contributed by atoms with Gasteiger partial charge in [0.2, 0.25) is 0 Å². The van der Waals surface area contributed by atoms with E-state index < -0.39 is 0 Å². The van der Waals surface area contributed by atoms with Gasteiger partial charge < -0.3 is 10.3 Å². The first kappa shape index (κ1) is 14.5. The third kappa shape index (κ3) is 2.58. The number of likely N-dealkylation sites (tertiary alicyclic amines) is 1. The molecule has 4 heteroatoms. The highest BCUT2D eigenvalue weighted by Gasteiger charge is 2.26. The molecule has 1 aliphatic heterocycles. The van der Waals surface area contributed by atoms with Crippen LogP contribution >= 0.6 is 0 Å². The van der Waals surface area contributed by atoms with Gasteiger partial charge in [0.25, 0.3) is 0 Å². The maximum Gasteiger partial charge on any atom is 0.127 e. The van der Waals surface area contributed by atoms with Crippen molar-refractivity contribution in [3.8, 4) is 0 Å². The van der Waals surface area contributed by atoms with Gasteiger partial charge in [-0.3, -0.25) is 4.90 Å². The van der Waals surface area contributed by atoms with Crippen LogP contribution in [-0.4, -0.2) is 34.1 Å². The Kier molecular flexibility index (Phi) is 4.00. The van der Waals surface area contributed by atoms with Crippen LogP contribution in [0.5, 0.6) is 0 Å². The topological polar surface area (TPSA) is 47.1 Å². The maximum atomic E-state index is 5.94. The highest BCUT2D eigenvalue weighted by molar-refractivity contribution is 5.77. The van der Waals surface area contributed by atoms with Crippen molar-refractivity contribution in [3.63, 3.8) is 0 Å². The van der Waals surface area contributed by atoms with Crippen LogP contribution in [0.2, 0.25) is 0 Å². The molecule has 3 rings (SSSR count). The van der Waals surface area contributed by atoms with Crippen LogP contribution in [0.3, 0.4) is 0 Å². The third-order valence-corrected chi connectivity index (χ3v) is 4.72.